The van der Waals surface area contributed by atoms with Crippen LogP contribution in [-0.2, 0) is 0 Å². The van der Waals surface area contributed by atoms with Crippen LogP contribution in [0.5, 0.6) is 0 Å². The van der Waals surface area contributed by atoms with E-state index in [0.29, 0.717) is 0 Å². The Morgan fingerprint density at radius 1 is 1.21 bits per heavy atom. The second kappa shape index (κ2) is 6.96. The number of nitrogens with zero attached hydrogens (tertiary/aromatic N) is 2. The Bertz CT molecular complexity index is 428. The van der Waals surface area contributed by atoms with Gasteiger partial charge in [-0.1, -0.05) is 19.1 Å². The predicted octanol–water partition coefficient (Wildman–Crippen LogP) is 2.58. The molecule has 3 nitrogen and oxygen atoms in total. The van der Waals surface area contributed by atoms with E-state index in [2.05, 4.69) is 24.9 Å². The van der Waals surface area contributed by atoms with E-state index < -0.39 is 0 Å². The van der Waals surface area contributed by atoms with Gasteiger partial charge in [0.15, 0.2) is 0 Å². The van der Waals surface area contributed by atoms with E-state index in [4.69, 9.17) is 0 Å². The molecule has 4 heteroatoms. The number of hydrogen-bond acceptors (Lipinski definition) is 3. The number of thioether (sulfide) groups is 1. The van der Waals surface area contributed by atoms with Crippen LogP contribution in [0.3, 0.4) is 0 Å². The molecule has 1 heterocycles. The number of likely N-dealkylation sites (N-methyl/N-ethyl adjacent to an activating group) is 1. The summed E-state index contributed by atoms with van der Waals surface area (Å²) in [4.78, 5) is 17.9. The van der Waals surface area contributed by atoms with Crippen LogP contribution >= 0.6 is 11.8 Å². The standard InChI is InChI=1S/C15H22N2OS/c1-3-12-19-14-7-5-4-6-13(14)15(18)17-10-8-16(2)9-11-17/h4-7H,3,8-12H2,1-2H3. The van der Waals surface area contributed by atoms with Gasteiger partial charge in [-0.05, 0) is 31.4 Å². The third-order valence-corrected chi connectivity index (χ3v) is 4.65. The van der Waals surface area contributed by atoms with Crippen molar-refractivity contribution < 1.29 is 4.79 Å². The highest BCUT2D eigenvalue weighted by molar-refractivity contribution is 7.99. The molecule has 1 aliphatic heterocycles. The quantitative estimate of drug-likeness (QED) is 0.791. The van der Waals surface area contributed by atoms with Crippen molar-refractivity contribution in [3.8, 4) is 0 Å². The van der Waals surface area contributed by atoms with Crippen LogP contribution in [0.15, 0.2) is 29.2 Å². The van der Waals surface area contributed by atoms with Crippen molar-refractivity contribution >= 4 is 17.7 Å². The van der Waals surface area contributed by atoms with Crippen LogP contribution < -0.4 is 0 Å². The van der Waals surface area contributed by atoms with Crippen molar-refractivity contribution in [3.05, 3.63) is 29.8 Å². The Morgan fingerprint density at radius 2 is 1.89 bits per heavy atom. The first-order chi connectivity index (χ1) is 9.22. The topological polar surface area (TPSA) is 23.6 Å². The van der Waals surface area contributed by atoms with Gasteiger partial charge >= 0.3 is 0 Å². The molecule has 0 N–H and O–H groups in total. The lowest BCUT2D eigenvalue weighted by atomic mass is 10.2. The molecule has 0 aliphatic carbocycles. The Balaban J connectivity index is 2.09. The molecule has 0 radical (unpaired) electrons. The van der Waals surface area contributed by atoms with Gasteiger partial charge in [0.25, 0.3) is 5.91 Å². The van der Waals surface area contributed by atoms with Crippen molar-refractivity contribution in [1.82, 2.24) is 9.80 Å². The van der Waals surface area contributed by atoms with Crippen LogP contribution in [0.25, 0.3) is 0 Å². The second-order valence-corrected chi connectivity index (χ2v) is 6.08. The highest BCUT2D eigenvalue weighted by atomic mass is 32.2. The molecule has 1 aliphatic rings. The van der Waals surface area contributed by atoms with Crippen molar-refractivity contribution in [2.45, 2.75) is 18.2 Å². The number of piperazine rings is 1. The molecule has 1 amide bonds. The van der Waals surface area contributed by atoms with E-state index in [1.54, 1.807) is 11.8 Å². The van der Waals surface area contributed by atoms with Gasteiger partial charge in [0, 0.05) is 31.1 Å². The highest BCUT2D eigenvalue weighted by Gasteiger charge is 2.22. The summed E-state index contributed by atoms with van der Waals surface area (Å²) in [5.41, 5.74) is 0.866. The molecule has 0 saturated carbocycles. The third kappa shape index (κ3) is 3.74. The van der Waals surface area contributed by atoms with Gasteiger partial charge in [0.1, 0.15) is 0 Å². The van der Waals surface area contributed by atoms with Crippen molar-refractivity contribution in [2.24, 2.45) is 0 Å². The van der Waals surface area contributed by atoms with E-state index >= 15 is 0 Å². The molecule has 2 rings (SSSR count). The smallest absolute Gasteiger partial charge is 0.255 e. The number of hydrogen-bond donors (Lipinski definition) is 0. The summed E-state index contributed by atoms with van der Waals surface area (Å²) < 4.78 is 0. The maximum absolute atomic E-state index is 12.6. The van der Waals surface area contributed by atoms with E-state index in [-0.39, 0.29) is 5.91 Å². The zero-order valence-corrected chi connectivity index (χ0v) is 12.6. The molecule has 0 aromatic heterocycles. The van der Waals surface area contributed by atoms with Crippen LogP contribution in [-0.4, -0.2) is 54.7 Å². The SMILES string of the molecule is CCCSc1ccccc1C(=O)N1CCN(C)CC1. The van der Waals surface area contributed by atoms with E-state index in [1.165, 1.54) is 0 Å². The molecule has 1 saturated heterocycles. The molecule has 1 aromatic carbocycles. The largest absolute Gasteiger partial charge is 0.336 e. The first-order valence-corrected chi connectivity index (χ1v) is 7.90. The second-order valence-electron chi connectivity index (χ2n) is 4.94. The van der Waals surface area contributed by atoms with Gasteiger partial charge in [-0.3, -0.25) is 4.79 Å². The molecule has 0 bridgehead atoms. The highest BCUT2D eigenvalue weighted by Crippen LogP contribution is 2.24. The average molecular weight is 278 g/mol. The van der Waals surface area contributed by atoms with Crippen LogP contribution in [0.4, 0.5) is 0 Å². The molecule has 0 unspecified atom stereocenters. The molecule has 0 atom stereocenters. The van der Waals surface area contributed by atoms with Crippen LogP contribution in [0.1, 0.15) is 23.7 Å². The maximum atomic E-state index is 12.6. The molecular formula is C15H22N2OS. The summed E-state index contributed by atoms with van der Waals surface area (Å²) in [5.74, 6) is 1.25. The lowest BCUT2D eigenvalue weighted by molar-refractivity contribution is 0.0660. The Hall–Kier alpha value is -1.00. The van der Waals surface area contributed by atoms with Crippen LogP contribution in [0, 0.1) is 0 Å². The average Bonchev–Trinajstić information content (AvgIpc) is 2.45. The van der Waals surface area contributed by atoms with E-state index in [9.17, 15) is 4.79 Å². The number of amides is 1. The monoisotopic (exact) mass is 278 g/mol. The van der Waals surface area contributed by atoms with Crippen molar-refractivity contribution in [3.63, 3.8) is 0 Å². The van der Waals surface area contributed by atoms with E-state index in [0.717, 1.165) is 48.8 Å². The molecule has 1 fully saturated rings. The fourth-order valence-corrected chi connectivity index (χ4v) is 3.07. The molecule has 19 heavy (non-hydrogen) atoms. The minimum absolute atomic E-state index is 0.187. The predicted molar refractivity (Wildman–Crippen MR) is 80.9 cm³/mol. The van der Waals surface area contributed by atoms with Gasteiger partial charge in [-0.15, -0.1) is 11.8 Å². The summed E-state index contributed by atoms with van der Waals surface area (Å²) in [7, 11) is 2.10. The number of carbonyl (C=O) groups excluding carboxylic acids is 1. The van der Waals surface area contributed by atoms with Gasteiger partial charge < -0.3 is 9.80 Å². The van der Waals surface area contributed by atoms with Gasteiger partial charge in [-0.25, -0.2) is 0 Å². The van der Waals surface area contributed by atoms with Crippen molar-refractivity contribution in [2.75, 3.05) is 39.0 Å². The normalized spacial score (nSPS) is 16.6. The van der Waals surface area contributed by atoms with E-state index in [1.807, 2.05) is 23.1 Å². The lowest BCUT2D eigenvalue weighted by Gasteiger charge is -2.32. The van der Waals surface area contributed by atoms with Crippen molar-refractivity contribution in [1.29, 1.82) is 0 Å². The zero-order chi connectivity index (χ0) is 13.7. The maximum Gasteiger partial charge on any atom is 0.255 e. The molecular weight excluding hydrogens is 256 g/mol. The van der Waals surface area contributed by atoms with Gasteiger partial charge in [0.05, 0.1) is 5.56 Å². The summed E-state index contributed by atoms with van der Waals surface area (Å²) >= 11 is 1.78. The Labute approximate surface area is 120 Å². The fraction of sp³-hybridized carbons (Fsp3) is 0.533. The van der Waals surface area contributed by atoms with Gasteiger partial charge in [0.2, 0.25) is 0 Å². The Morgan fingerprint density at radius 3 is 2.58 bits per heavy atom. The summed E-state index contributed by atoms with van der Waals surface area (Å²) in [6.07, 6.45) is 1.13. The summed E-state index contributed by atoms with van der Waals surface area (Å²) in [6.45, 7) is 5.77. The Kier molecular flexibility index (Phi) is 5.28. The number of benzene rings is 1. The summed E-state index contributed by atoms with van der Waals surface area (Å²) in [6, 6.07) is 7.99. The summed E-state index contributed by atoms with van der Waals surface area (Å²) in [5, 5.41) is 0. The first kappa shape index (κ1) is 14.4. The zero-order valence-electron chi connectivity index (χ0n) is 11.8. The first-order valence-electron chi connectivity index (χ1n) is 6.92. The molecule has 104 valence electrons. The molecule has 1 aromatic rings. The minimum atomic E-state index is 0.187. The van der Waals surface area contributed by atoms with Crippen LogP contribution in [0.2, 0.25) is 0 Å². The third-order valence-electron chi connectivity index (χ3n) is 3.37. The van der Waals surface area contributed by atoms with Gasteiger partial charge in [-0.2, -0.15) is 0 Å². The minimum Gasteiger partial charge on any atom is -0.336 e. The number of rotatable bonds is 4. The molecule has 0 spiro atoms. The fourth-order valence-electron chi connectivity index (χ4n) is 2.16. The lowest BCUT2D eigenvalue weighted by Crippen LogP contribution is -2.47. The number of carbonyl (C=O) groups is 1.